The van der Waals surface area contributed by atoms with Crippen molar-refractivity contribution in [1.29, 1.82) is 0 Å². The minimum absolute atomic E-state index is 0.00474. The lowest BCUT2D eigenvalue weighted by molar-refractivity contribution is -0.148. The number of hydrogen-bond acceptors (Lipinski definition) is 9. The molecule has 1 aromatic heterocycles. The molecule has 8 rings (SSSR count). The first-order valence-electron chi connectivity index (χ1n) is 21.8. The number of aromatic hydroxyl groups is 1. The monoisotopic (exact) mass is 1010 g/mol. The molecule has 6 aromatic carbocycles. The number of anilines is 2. The molecule has 7 aromatic rings. The number of H-pyrrole nitrogens is 1. The van der Waals surface area contributed by atoms with Crippen LogP contribution < -0.4 is 10.1 Å². The fraction of sp³-hybridized carbons (Fsp3) is 0.189. The summed E-state index contributed by atoms with van der Waals surface area (Å²) in [6.45, 7) is 5.93. The molecular formula is C53H48Cl2F2N2O12. The lowest BCUT2D eigenvalue weighted by atomic mass is 9.86. The van der Waals surface area contributed by atoms with Gasteiger partial charge >= 0.3 is 29.8 Å². The number of rotatable bonds is 12. The van der Waals surface area contributed by atoms with Crippen molar-refractivity contribution in [2.24, 2.45) is 0 Å². The molecule has 2 heterocycles. The number of halogens is 4. The second kappa shape index (κ2) is 24.7. The number of ether oxygens (including phenoxy) is 2. The smallest absolute Gasteiger partial charge is 0.339 e. The molecule has 18 heteroatoms. The van der Waals surface area contributed by atoms with E-state index >= 15 is 0 Å². The Bertz CT molecular complexity index is 3070. The van der Waals surface area contributed by atoms with E-state index in [1.165, 1.54) is 47.7 Å². The Balaban J connectivity index is 0.000000178. The summed E-state index contributed by atoms with van der Waals surface area (Å²) >= 11 is 12.1. The van der Waals surface area contributed by atoms with Crippen LogP contribution in [0.5, 0.6) is 11.5 Å². The van der Waals surface area contributed by atoms with Gasteiger partial charge in [0.05, 0.1) is 40.9 Å². The maximum atomic E-state index is 13.5. The minimum atomic E-state index is -1.32. The number of aromatic nitrogens is 1. The van der Waals surface area contributed by atoms with Gasteiger partial charge in [-0.25, -0.2) is 18.4 Å². The normalized spacial score (nSPS) is 13.4. The number of carboxylic acid groups (broad SMARTS) is 4. The van der Waals surface area contributed by atoms with Gasteiger partial charge in [0.25, 0.3) is 0 Å². The molecule has 0 amide bonds. The molecule has 71 heavy (non-hydrogen) atoms. The molecular weight excluding hydrogens is 965 g/mol. The average Bonchev–Trinajstić information content (AvgIpc) is 3.72. The van der Waals surface area contributed by atoms with Crippen LogP contribution in [-0.2, 0) is 44.0 Å². The van der Waals surface area contributed by atoms with E-state index in [1.807, 2.05) is 13.0 Å². The minimum Gasteiger partial charge on any atom is -0.507 e. The van der Waals surface area contributed by atoms with Crippen LogP contribution in [0.2, 0.25) is 10.0 Å². The highest BCUT2D eigenvalue weighted by molar-refractivity contribution is 6.39. The summed E-state index contributed by atoms with van der Waals surface area (Å²) in [6.07, 6.45) is 2.39. The molecule has 7 N–H and O–H groups in total. The number of carbonyl (C=O) groups excluding carboxylic acids is 1. The van der Waals surface area contributed by atoms with Crippen molar-refractivity contribution in [2.75, 3.05) is 11.9 Å². The van der Waals surface area contributed by atoms with Crippen molar-refractivity contribution < 1.29 is 67.8 Å². The third-order valence-corrected chi connectivity index (χ3v) is 11.7. The Morgan fingerprint density at radius 1 is 0.761 bits per heavy atom. The molecule has 0 fully saturated rings. The number of aromatic carboxylic acids is 2. The molecule has 0 bridgehead atoms. The number of nitrogens with one attached hydrogen (secondary N) is 2. The summed E-state index contributed by atoms with van der Waals surface area (Å²) in [5, 5.41) is 50.3. The molecule has 0 saturated carbocycles. The highest BCUT2D eigenvalue weighted by Gasteiger charge is 2.41. The molecule has 1 aliphatic heterocycles. The van der Waals surface area contributed by atoms with Crippen LogP contribution in [0, 0.1) is 11.6 Å². The van der Waals surface area contributed by atoms with Crippen LogP contribution in [-0.4, -0.2) is 67.0 Å². The van der Waals surface area contributed by atoms with Crippen molar-refractivity contribution >= 4 is 75.3 Å². The van der Waals surface area contributed by atoms with Gasteiger partial charge in [0, 0.05) is 35.1 Å². The van der Waals surface area contributed by atoms with Crippen molar-refractivity contribution in [3.63, 3.8) is 0 Å². The van der Waals surface area contributed by atoms with Crippen LogP contribution in [0.4, 0.5) is 20.2 Å². The largest absolute Gasteiger partial charge is 0.507 e. The summed E-state index contributed by atoms with van der Waals surface area (Å²) in [5.74, 6) is -6.53. The highest BCUT2D eigenvalue weighted by atomic mass is 35.5. The predicted molar refractivity (Wildman–Crippen MR) is 264 cm³/mol. The van der Waals surface area contributed by atoms with Gasteiger partial charge < -0.3 is 45.3 Å². The lowest BCUT2D eigenvalue weighted by Crippen LogP contribution is -2.37. The van der Waals surface area contributed by atoms with Crippen molar-refractivity contribution in [3.8, 4) is 22.6 Å². The predicted octanol–water partition coefficient (Wildman–Crippen LogP) is 12.1. The number of aromatic amines is 1. The summed E-state index contributed by atoms with van der Waals surface area (Å²) in [4.78, 5) is 57.6. The van der Waals surface area contributed by atoms with E-state index in [0.29, 0.717) is 46.1 Å². The molecule has 1 unspecified atom stereocenters. The Hall–Kier alpha value is -7.79. The van der Waals surface area contributed by atoms with E-state index in [-0.39, 0.29) is 40.8 Å². The summed E-state index contributed by atoms with van der Waals surface area (Å²) in [5.41, 5.74) is 5.78. The molecule has 0 saturated heterocycles. The summed E-state index contributed by atoms with van der Waals surface area (Å²) < 4.78 is 36.9. The zero-order valence-electron chi connectivity index (χ0n) is 38.4. The van der Waals surface area contributed by atoms with Crippen LogP contribution >= 0.6 is 23.2 Å². The lowest BCUT2D eigenvalue weighted by Gasteiger charge is -2.35. The number of benzene rings is 6. The standard InChI is InChI=1S/C17H21NO3.C14H11Cl2NO2.C13H8F2O3.C9H8O4/c1-3-11-6-5-7-12-13-8-9-21-17(4-2,10-14(19)20)16(13)18-15(11)12;15-10-5-3-6-11(16)14(10)17-12-7-2-1-4-9(12)8-13(18)19;14-8-2-3-9(11(15)6-8)7-1-4-12(16)10(5-7)13(17)18;1-6(10)13-8-5-3-2-4-7(8)9(11)12/h5-7,18H,3-4,8-10H2,1-2H3,(H,19,20);1-7,17H,8H2,(H,18,19);1-6,16H,(H,17,18);2-5H,1H3,(H,11,12). The average molecular weight is 1010 g/mol. The number of esters is 1. The number of para-hydroxylation sites is 4. The van der Waals surface area contributed by atoms with Crippen LogP contribution in [0.1, 0.15) is 76.7 Å². The number of carboxylic acids is 4. The number of aryl methyl sites for hydroxylation is 1. The van der Waals surface area contributed by atoms with Gasteiger partial charge in [-0.1, -0.05) is 97.7 Å². The molecule has 1 aliphatic rings. The number of phenols is 1. The first-order chi connectivity index (χ1) is 33.8. The second-order valence-electron chi connectivity index (χ2n) is 15.7. The first kappa shape index (κ1) is 54.2. The van der Waals surface area contributed by atoms with Gasteiger partial charge in [0.1, 0.15) is 39.9 Å². The number of hydrogen-bond donors (Lipinski definition) is 7. The topological polar surface area (TPSA) is 233 Å². The van der Waals surface area contributed by atoms with Crippen LogP contribution in [0.25, 0.3) is 22.0 Å². The SMILES string of the molecule is CC(=O)Oc1ccccc1C(=O)O.CCc1cccc2c3c([nH]c12)C(CC)(CC(=O)O)OCC3.O=C(O)Cc1ccccc1Nc1c(Cl)cccc1Cl.O=C(O)c1cc(-c2ccc(F)cc2F)ccc1O. The molecule has 0 aliphatic carbocycles. The van der Waals surface area contributed by atoms with E-state index in [0.717, 1.165) is 42.3 Å². The van der Waals surface area contributed by atoms with E-state index < -0.39 is 52.8 Å². The van der Waals surface area contributed by atoms with Gasteiger partial charge in [-0.2, -0.15) is 0 Å². The Morgan fingerprint density at radius 2 is 1.41 bits per heavy atom. The maximum absolute atomic E-state index is 13.5. The van der Waals surface area contributed by atoms with Gasteiger partial charge in [-0.3, -0.25) is 14.4 Å². The molecule has 0 spiro atoms. The number of carbonyl (C=O) groups is 5. The van der Waals surface area contributed by atoms with Crippen molar-refractivity contribution in [1.82, 2.24) is 4.98 Å². The highest BCUT2D eigenvalue weighted by Crippen LogP contribution is 2.42. The zero-order chi connectivity index (χ0) is 52.0. The van der Waals surface area contributed by atoms with Gasteiger partial charge in [0.2, 0.25) is 0 Å². The second-order valence-corrected chi connectivity index (χ2v) is 16.5. The van der Waals surface area contributed by atoms with Crippen molar-refractivity contribution in [2.45, 2.75) is 58.5 Å². The number of aliphatic carboxylic acids is 2. The zero-order valence-corrected chi connectivity index (χ0v) is 39.9. The van der Waals surface area contributed by atoms with Crippen LogP contribution in [0.15, 0.2) is 121 Å². The van der Waals surface area contributed by atoms with E-state index in [9.17, 15) is 43.0 Å². The van der Waals surface area contributed by atoms with E-state index in [2.05, 4.69) is 40.2 Å². The Kier molecular flexibility index (Phi) is 18.8. The first-order valence-corrected chi connectivity index (χ1v) is 22.6. The molecule has 14 nitrogen and oxygen atoms in total. The van der Waals surface area contributed by atoms with Crippen LogP contribution in [0.3, 0.4) is 0 Å². The quantitative estimate of drug-likeness (QED) is 0.0446. The third-order valence-electron chi connectivity index (χ3n) is 11.0. The Labute approximate surface area is 416 Å². The van der Waals surface area contributed by atoms with E-state index in [1.54, 1.807) is 48.5 Å². The van der Waals surface area contributed by atoms with Crippen molar-refractivity contribution in [3.05, 3.63) is 177 Å². The third kappa shape index (κ3) is 13.9. The fourth-order valence-electron chi connectivity index (χ4n) is 7.68. The molecule has 370 valence electrons. The summed E-state index contributed by atoms with van der Waals surface area (Å²) in [7, 11) is 0. The van der Waals surface area contributed by atoms with Gasteiger partial charge in [-0.15, -0.1) is 0 Å². The molecule has 1 atom stereocenters. The molecule has 0 radical (unpaired) electrons. The fourth-order valence-corrected chi connectivity index (χ4v) is 8.17. The van der Waals surface area contributed by atoms with Gasteiger partial charge in [-0.05, 0) is 96.1 Å². The summed E-state index contributed by atoms with van der Waals surface area (Å²) in [6, 6.07) is 31.3. The Morgan fingerprint density at radius 3 is 2.03 bits per heavy atom. The maximum Gasteiger partial charge on any atom is 0.339 e. The number of fused-ring (bicyclic) bond motifs is 3. The van der Waals surface area contributed by atoms with Gasteiger partial charge in [0.15, 0.2) is 0 Å². The van der Waals surface area contributed by atoms with E-state index in [4.69, 9.17) is 43.3 Å².